The first-order chi connectivity index (χ1) is 17.2. The average Bonchev–Trinajstić information content (AvgIpc) is 3.26. The summed E-state index contributed by atoms with van der Waals surface area (Å²) in [6.07, 6.45) is -4.04. The topological polar surface area (TPSA) is 78.5 Å². The molecule has 0 aromatic heterocycles. The summed E-state index contributed by atoms with van der Waals surface area (Å²) < 4.78 is 39.2. The third-order valence-electron chi connectivity index (χ3n) is 5.95. The third kappa shape index (κ3) is 5.91. The number of hydrogen-bond donors (Lipinski definition) is 2. The van der Waals surface area contributed by atoms with Crippen molar-refractivity contribution in [2.45, 2.75) is 19.0 Å². The number of alkyl halides is 3. The molecule has 1 aliphatic heterocycles. The van der Waals surface area contributed by atoms with Gasteiger partial charge in [-0.05, 0) is 42.3 Å². The normalized spacial score (nSPS) is 15.6. The highest BCUT2D eigenvalue weighted by Gasteiger charge is 2.37. The smallest absolute Gasteiger partial charge is 0.352 e. The second-order valence-electron chi connectivity index (χ2n) is 8.48. The SMILES string of the molecule is O=C(NCCc1ccccc1)c1ccccc1NC(=O)[C@@H]1CC(=O)N(c2cccc(C(F)(F)F)c2)C1. The summed E-state index contributed by atoms with van der Waals surface area (Å²) in [5, 5.41) is 5.55. The molecule has 2 N–H and O–H groups in total. The van der Waals surface area contributed by atoms with Gasteiger partial charge in [0.25, 0.3) is 5.91 Å². The summed E-state index contributed by atoms with van der Waals surface area (Å²) in [6.45, 7) is 0.353. The highest BCUT2D eigenvalue weighted by atomic mass is 19.4. The number of halogens is 3. The van der Waals surface area contributed by atoms with Gasteiger partial charge >= 0.3 is 6.18 Å². The molecule has 0 aliphatic carbocycles. The van der Waals surface area contributed by atoms with E-state index in [2.05, 4.69) is 10.6 Å². The van der Waals surface area contributed by atoms with Gasteiger partial charge in [0.15, 0.2) is 0 Å². The zero-order chi connectivity index (χ0) is 25.7. The summed E-state index contributed by atoms with van der Waals surface area (Å²) >= 11 is 0. The van der Waals surface area contributed by atoms with E-state index in [1.165, 1.54) is 17.0 Å². The maximum Gasteiger partial charge on any atom is 0.416 e. The van der Waals surface area contributed by atoms with Gasteiger partial charge < -0.3 is 15.5 Å². The van der Waals surface area contributed by atoms with Gasteiger partial charge in [0, 0.05) is 25.2 Å². The van der Waals surface area contributed by atoms with Crippen molar-refractivity contribution in [2.24, 2.45) is 5.92 Å². The Bertz CT molecular complexity index is 1260. The highest BCUT2D eigenvalue weighted by molar-refractivity contribution is 6.07. The molecular formula is C27H24F3N3O3. The maximum atomic E-state index is 13.1. The van der Waals surface area contributed by atoms with E-state index >= 15 is 0 Å². The Morgan fingerprint density at radius 2 is 1.67 bits per heavy atom. The quantitative estimate of drug-likeness (QED) is 0.500. The van der Waals surface area contributed by atoms with Crippen molar-refractivity contribution in [3.63, 3.8) is 0 Å². The van der Waals surface area contributed by atoms with E-state index in [0.29, 0.717) is 18.7 Å². The van der Waals surface area contributed by atoms with Crippen molar-refractivity contribution < 1.29 is 27.6 Å². The lowest BCUT2D eigenvalue weighted by molar-refractivity contribution is -0.137. The van der Waals surface area contributed by atoms with E-state index in [1.807, 2.05) is 30.3 Å². The molecule has 1 saturated heterocycles. The number of carbonyl (C=O) groups is 3. The fourth-order valence-corrected chi connectivity index (χ4v) is 4.07. The molecule has 186 valence electrons. The van der Waals surface area contributed by atoms with Crippen molar-refractivity contribution in [2.75, 3.05) is 23.3 Å². The van der Waals surface area contributed by atoms with E-state index in [9.17, 15) is 27.6 Å². The number of carbonyl (C=O) groups excluding carboxylic acids is 3. The Labute approximate surface area is 206 Å². The summed E-state index contributed by atoms with van der Waals surface area (Å²) in [4.78, 5) is 39.4. The minimum atomic E-state index is -4.54. The summed E-state index contributed by atoms with van der Waals surface area (Å²) in [6, 6.07) is 20.7. The lowest BCUT2D eigenvalue weighted by Gasteiger charge is -2.18. The molecule has 3 aromatic carbocycles. The van der Waals surface area contributed by atoms with Crippen LogP contribution in [-0.2, 0) is 22.2 Å². The molecule has 3 amide bonds. The number of para-hydroxylation sites is 1. The van der Waals surface area contributed by atoms with Gasteiger partial charge in [-0.15, -0.1) is 0 Å². The minimum absolute atomic E-state index is 0.0581. The third-order valence-corrected chi connectivity index (χ3v) is 5.95. The van der Waals surface area contributed by atoms with Gasteiger partial charge in [0.05, 0.1) is 22.7 Å². The molecule has 1 aliphatic rings. The van der Waals surface area contributed by atoms with Crippen molar-refractivity contribution in [1.29, 1.82) is 0 Å². The molecule has 3 aromatic rings. The fraction of sp³-hybridized carbons (Fsp3) is 0.222. The van der Waals surface area contributed by atoms with Crippen LogP contribution in [0.3, 0.4) is 0 Å². The van der Waals surface area contributed by atoms with Crippen molar-refractivity contribution >= 4 is 29.1 Å². The lowest BCUT2D eigenvalue weighted by atomic mass is 10.1. The van der Waals surface area contributed by atoms with E-state index < -0.39 is 29.5 Å². The molecular weight excluding hydrogens is 471 g/mol. The Morgan fingerprint density at radius 3 is 2.42 bits per heavy atom. The predicted molar refractivity (Wildman–Crippen MR) is 129 cm³/mol. The number of nitrogens with zero attached hydrogens (tertiary/aromatic N) is 1. The second kappa shape index (κ2) is 10.6. The molecule has 36 heavy (non-hydrogen) atoms. The Hall–Kier alpha value is -4.14. The van der Waals surface area contributed by atoms with Gasteiger partial charge in [-0.2, -0.15) is 13.2 Å². The molecule has 6 nitrogen and oxygen atoms in total. The summed E-state index contributed by atoms with van der Waals surface area (Å²) in [7, 11) is 0. The fourth-order valence-electron chi connectivity index (χ4n) is 4.07. The van der Waals surface area contributed by atoms with E-state index in [-0.39, 0.29) is 30.1 Å². The molecule has 1 fully saturated rings. The molecule has 1 heterocycles. The zero-order valence-electron chi connectivity index (χ0n) is 19.2. The largest absolute Gasteiger partial charge is 0.416 e. The molecule has 4 rings (SSSR count). The van der Waals surface area contributed by atoms with Gasteiger partial charge in [0.1, 0.15) is 0 Å². The summed E-state index contributed by atoms with van der Waals surface area (Å²) in [5.74, 6) is -2.06. The monoisotopic (exact) mass is 495 g/mol. The molecule has 0 bridgehead atoms. The Kier molecular flexibility index (Phi) is 7.38. The van der Waals surface area contributed by atoms with Crippen LogP contribution < -0.4 is 15.5 Å². The standard InChI is InChI=1S/C27H24F3N3O3/c28-27(29,30)20-9-6-10-21(16-20)33-17-19(15-24(33)34)25(35)32-23-12-5-4-11-22(23)26(36)31-14-13-18-7-2-1-3-8-18/h1-12,16,19H,13-15,17H2,(H,31,36)(H,32,35)/t19-/m1/s1. The number of amides is 3. The number of nitrogens with one attached hydrogen (secondary N) is 2. The van der Waals surface area contributed by atoms with E-state index in [4.69, 9.17) is 0 Å². The zero-order valence-corrected chi connectivity index (χ0v) is 19.2. The average molecular weight is 496 g/mol. The van der Waals surface area contributed by atoms with Crippen LogP contribution in [-0.4, -0.2) is 30.8 Å². The number of benzene rings is 3. The molecule has 0 spiro atoms. The van der Waals surface area contributed by atoms with Crippen LogP contribution in [0, 0.1) is 5.92 Å². The molecule has 1 atom stereocenters. The van der Waals surface area contributed by atoms with Crippen LogP contribution in [0.1, 0.15) is 27.9 Å². The Morgan fingerprint density at radius 1 is 0.944 bits per heavy atom. The molecule has 0 saturated carbocycles. The van der Waals surface area contributed by atoms with Crippen molar-refractivity contribution in [3.8, 4) is 0 Å². The van der Waals surface area contributed by atoms with Gasteiger partial charge in [-0.1, -0.05) is 48.5 Å². The Balaban J connectivity index is 1.40. The molecule has 0 unspecified atom stereocenters. The maximum absolute atomic E-state index is 13.1. The lowest BCUT2D eigenvalue weighted by Crippen LogP contribution is -2.30. The van der Waals surface area contributed by atoms with Crippen LogP contribution in [0.25, 0.3) is 0 Å². The second-order valence-corrected chi connectivity index (χ2v) is 8.48. The van der Waals surface area contributed by atoms with Crippen LogP contribution in [0.15, 0.2) is 78.9 Å². The number of anilines is 2. The molecule has 0 radical (unpaired) electrons. The molecule has 9 heteroatoms. The van der Waals surface area contributed by atoms with Crippen LogP contribution >= 0.6 is 0 Å². The summed E-state index contributed by atoms with van der Waals surface area (Å²) in [5.41, 5.74) is 0.870. The van der Waals surface area contributed by atoms with Crippen molar-refractivity contribution in [3.05, 3.63) is 95.6 Å². The van der Waals surface area contributed by atoms with Crippen molar-refractivity contribution in [1.82, 2.24) is 5.32 Å². The highest BCUT2D eigenvalue weighted by Crippen LogP contribution is 2.33. The van der Waals surface area contributed by atoms with Gasteiger partial charge in [0.2, 0.25) is 11.8 Å². The first-order valence-corrected chi connectivity index (χ1v) is 11.4. The first kappa shape index (κ1) is 25.0. The minimum Gasteiger partial charge on any atom is -0.352 e. The van der Waals surface area contributed by atoms with E-state index in [0.717, 1.165) is 17.7 Å². The predicted octanol–water partition coefficient (Wildman–Crippen LogP) is 4.67. The first-order valence-electron chi connectivity index (χ1n) is 11.4. The van der Waals surface area contributed by atoms with Crippen LogP contribution in [0.4, 0.5) is 24.5 Å². The van der Waals surface area contributed by atoms with Gasteiger partial charge in [-0.25, -0.2) is 0 Å². The van der Waals surface area contributed by atoms with Crippen LogP contribution in [0.5, 0.6) is 0 Å². The van der Waals surface area contributed by atoms with Gasteiger partial charge in [-0.3, -0.25) is 14.4 Å². The van der Waals surface area contributed by atoms with Crippen LogP contribution in [0.2, 0.25) is 0 Å². The number of hydrogen-bond acceptors (Lipinski definition) is 3. The number of rotatable bonds is 7. The van der Waals surface area contributed by atoms with E-state index in [1.54, 1.807) is 24.3 Å².